The highest BCUT2D eigenvalue weighted by Gasteiger charge is 2.10. The highest BCUT2D eigenvalue weighted by Crippen LogP contribution is 2.04. The van der Waals surface area contributed by atoms with E-state index in [1.165, 1.54) is 12.0 Å². The van der Waals surface area contributed by atoms with Crippen LogP contribution in [0.3, 0.4) is 0 Å². The predicted octanol–water partition coefficient (Wildman–Crippen LogP) is 1.83. The summed E-state index contributed by atoms with van der Waals surface area (Å²) in [4.78, 5) is 4.71. The van der Waals surface area contributed by atoms with E-state index in [1.54, 1.807) is 0 Å². The molecule has 0 radical (unpaired) electrons. The van der Waals surface area contributed by atoms with E-state index in [-0.39, 0.29) is 6.04 Å². The number of benzene rings is 1. The summed E-state index contributed by atoms with van der Waals surface area (Å²) in [6.45, 7) is 6.54. The van der Waals surface area contributed by atoms with Crippen LogP contribution in [0.2, 0.25) is 0 Å². The molecule has 1 unspecified atom stereocenters. The number of hydrogen-bond acceptors (Lipinski definition) is 3. The normalized spacial score (nSPS) is 13.2. The summed E-state index contributed by atoms with van der Waals surface area (Å²) in [5.41, 5.74) is 7.62. The molecule has 0 aliphatic rings. The molecule has 1 rings (SSSR count). The number of hydrogen-bond donors (Lipinski definition) is 1. The first-order chi connectivity index (χ1) is 9.11. The van der Waals surface area contributed by atoms with Crippen molar-refractivity contribution in [2.45, 2.75) is 25.8 Å². The van der Waals surface area contributed by atoms with Crippen LogP contribution < -0.4 is 5.73 Å². The lowest BCUT2D eigenvalue weighted by Crippen LogP contribution is -2.42. The van der Waals surface area contributed by atoms with Gasteiger partial charge >= 0.3 is 0 Å². The molecule has 108 valence electrons. The summed E-state index contributed by atoms with van der Waals surface area (Å²) in [6, 6.07) is 10.7. The first-order valence-electron chi connectivity index (χ1n) is 7.28. The van der Waals surface area contributed by atoms with Gasteiger partial charge in [0.2, 0.25) is 0 Å². The summed E-state index contributed by atoms with van der Waals surface area (Å²) in [6.07, 6.45) is 2.15. The Bertz CT molecular complexity index is 324. The molecule has 0 fully saturated rings. The number of likely N-dealkylation sites (N-methyl/N-ethyl adjacent to an activating group) is 1. The maximum Gasteiger partial charge on any atom is 0.0208 e. The summed E-state index contributed by atoms with van der Waals surface area (Å²) in [7, 11) is 4.24. The molecular formula is C16H29N3. The Morgan fingerprint density at radius 3 is 2.32 bits per heavy atom. The average molecular weight is 263 g/mol. The van der Waals surface area contributed by atoms with E-state index in [4.69, 9.17) is 5.73 Å². The lowest BCUT2D eigenvalue weighted by molar-refractivity contribution is 0.228. The predicted molar refractivity (Wildman–Crippen MR) is 83.4 cm³/mol. The monoisotopic (exact) mass is 263 g/mol. The molecule has 0 saturated carbocycles. The minimum atomic E-state index is 0.219. The molecule has 0 heterocycles. The van der Waals surface area contributed by atoms with Crippen LogP contribution in [-0.4, -0.2) is 56.1 Å². The highest BCUT2D eigenvalue weighted by atomic mass is 15.2. The van der Waals surface area contributed by atoms with Crippen LogP contribution in [0.4, 0.5) is 0 Å². The third-order valence-corrected chi connectivity index (χ3v) is 3.24. The minimum Gasteiger partial charge on any atom is -0.326 e. The van der Waals surface area contributed by atoms with E-state index in [2.05, 4.69) is 61.2 Å². The first kappa shape index (κ1) is 16.2. The van der Waals surface area contributed by atoms with Crippen molar-refractivity contribution in [3.63, 3.8) is 0 Å². The zero-order valence-electron chi connectivity index (χ0n) is 12.7. The van der Waals surface area contributed by atoms with Crippen molar-refractivity contribution in [2.75, 3.05) is 40.3 Å². The second-order valence-corrected chi connectivity index (χ2v) is 5.55. The number of rotatable bonds is 9. The van der Waals surface area contributed by atoms with E-state index in [9.17, 15) is 0 Å². The van der Waals surface area contributed by atoms with Gasteiger partial charge in [0.05, 0.1) is 0 Å². The molecule has 19 heavy (non-hydrogen) atoms. The highest BCUT2D eigenvalue weighted by molar-refractivity contribution is 5.15. The van der Waals surface area contributed by atoms with Gasteiger partial charge < -0.3 is 15.5 Å². The van der Waals surface area contributed by atoms with Crippen LogP contribution in [0, 0.1) is 0 Å². The zero-order valence-corrected chi connectivity index (χ0v) is 12.7. The Hall–Kier alpha value is -0.900. The van der Waals surface area contributed by atoms with Gasteiger partial charge in [-0.1, -0.05) is 37.3 Å². The fraction of sp³-hybridized carbons (Fsp3) is 0.625. The molecule has 2 N–H and O–H groups in total. The third kappa shape index (κ3) is 7.31. The Kier molecular flexibility index (Phi) is 7.72. The van der Waals surface area contributed by atoms with Gasteiger partial charge in [0.15, 0.2) is 0 Å². The van der Waals surface area contributed by atoms with Crippen molar-refractivity contribution < 1.29 is 0 Å². The van der Waals surface area contributed by atoms with E-state index in [0.29, 0.717) is 0 Å². The van der Waals surface area contributed by atoms with Crippen LogP contribution in [0.5, 0.6) is 0 Å². The van der Waals surface area contributed by atoms with Crippen LogP contribution in [0.1, 0.15) is 18.9 Å². The number of nitrogens with two attached hydrogens (primary N) is 1. The van der Waals surface area contributed by atoms with Crippen LogP contribution in [0.15, 0.2) is 30.3 Å². The van der Waals surface area contributed by atoms with Crippen molar-refractivity contribution in [1.82, 2.24) is 9.80 Å². The SMILES string of the molecule is CCCN(CCN(C)C)CC(N)Cc1ccccc1. The Morgan fingerprint density at radius 2 is 1.74 bits per heavy atom. The van der Waals surface area contributed by atoms with E-state index in [1.807, 2.05) is 0 Å². The molecule has 3 nitrogen and oxygen atoms in total. The van der Waals surface area contributed by atoms with Crippen LogP contribution in [-0.2, 0) is 6.42 Å². The summed E-state index contributed by atoms with van der Waals surface area (Å²) in [5, 5.41) is 0. The van der Waals surface area contributed by atoms with Crippen molar-refractivity contribution in [3.8, 4) is 0 Å². The smallest absolute Gasteiger partial charge is 0.0208 e. The van der Waals surface area contributed by atoms with Crippen LogP contribution >= 0.6 is 0 Å². The molecule has 0 spiro atoms. The Balaban J connectivity index is 2.39. The van der Waals surface area contributed by atoms with Gasteiger partial charge in [-0.25, -0.2) is 0 Å². The third-order valence-electron chi connectivity index (χ3n) is 3.24. The molecule has 1 aromatic carbocycles. The summed E-state index contributed by atoms with van der Waals surface area (Å²) < 4.78 is 0. The molecule has 1 aromatic rings. The molecule has 1 atom stereocenters. The molecule has 0 aliphatic carbocycles. The van der Waals surface area contributed by atoms with Gasteiger partial charge in [-0.05, 0) is 39.0 Å². The Labute approximate surface area is 118 Å². The summed E-state index contributed by atoms with van der Waals surface area (Å²) >= 11 is 0. The van der Waals surface area contributed by atoms with Gasteiger partial charge in [0, 0.05) is 25.7 Å². The van der Waals surface area contributed by atoms with Gasteiger partial charge in [0.1, 0.15) is 0 Å². The fourth-order valence-electron chi connectivity index (χ4n) is 2.27. The van der Waals surface area contributed by atoms with Gasteiger partial charge in [0.25, 0.3) is 0 Å². The van der Waals surface area contributed by atoms with Gasteiger partial charge in [-0.3, -0.25) is 0 Å². The fourth-order valence-corrected chi connectivity index (χ4v) is 2.27. The molecule has 0 aromatic heterocycles. The van der Waals surface area contributed by atoms with Crippen molar-refractivity contribution in [3.05, 3.63) is 35.9 Å². The maximum absolute atomic E-state index is 6.29. The lowest BCUT2D eigenvalue weighted by atomic mass is 10.1. The summed E-state index contributed by atoms with van der Waals surface area (Å²) in [5.74, 6) is 0. The van der Waals surface area contributed by atoms with E-state index in [0.717, 1.165) is 32.6 Å². The van der Waals surface area contributed by atoms with Crippen molar-refractivity contribution >= 4 is 0 Å². The topological polar surface area (TPSA) is 32.5 Å². The van der Waals surface area contributed by atoms with Gasteiger partial charge in [-0.2, -0.15) is 0 Å². The zero-order chi connectivity index (χ0) is 14.1. The van der Waals surface area contributed by atoms with Gasteiger partial charge in [-0.15, -0.1) is 0 Å². The second-order valence-electron chi connectivity index (χ2n) is 5.55. The molecule has 0 aliphatic heterocycles. The Morgan fingerprint density at radius 1 is 1.05 bits per heavy atom. The van der Waals surface area contributed by atoms with Crippen molar-refractivity contribution in [1.29, 1.82) is 0 Å². The number of nitrogens with zero attached hydrogens (tertiary/aromatic N) is 2. The largest absolute Gasteiger partial charge is 0.326 e. The van der Waals surface area contributed by atoms with Crippen LogP contribution in [0.25, 0.3) is 0 Å². The average Bonchev–Trinajstić information content (AvgIpc) is 2.37. The lowest BCUT2D eigenvalue weighted by Gasteiger charge is -2.26. The second kappa shape index (κ2) is 9.08. The molecule has 0 saturated heterocycles. The molecule has 3 heteroatoms. The van der Waals surface area contributed by atoms with E-state index < -0.39 is 0 Å². The standard InChI is InChI=1S/C16H29N3/c1-4-10-19(12-11-18(2)3)14-16(17)13-15-8-6-5-7-9-15/h5-9,16H,4,10-14,17H2,1-3H3. The maximum atomic E-state index is 6.29. The minimum absolute atomic E-state index is 0.219. The van der Waals surface area contributed by atoms with E-state index >= 15 is 0 Å². The molecular weight excluding hydrogens is 234 g/mol. The molecule has 0 bridgehead atoms. The van der Waals surface area contributed by atoms with Crippen molar-refractivity contribution in [2.24, 2.45) is 5.73 Å². The first-order valence-corrected chi connectivity index (χ1v) is 7.28. The quantitative estimate of drug-likeness (QED) is 0.738. The molecule has 0 amide bonds.